The summed E-state index contributed by atoms with van der Waals surface area (Å²) in [6.45, 7) is 0. The summed E-state index contributed by atoms with van der Waals surface area (Å²) in [6, 6.07) is 8.36. The van der Waals surface area contributed by atoms with E-state index in [0.717, 1.165) is 5.56 Å². The first kappa shape index (κ1) is 9.96. The van der Waals surface area contributed by atoms with Crippen molar-refractivity contribution in [2.75, 3.05) is 12.0 Å². The van der Waals surface area contributed by atoms with Gasteiger partial charge in [-0.1, -0.05) is 12.1 Å². The zero-order chi connectivity index (χ0) is 8.97. The smallest absolute Gasteiger partial charge is 0.0384 e. The molecule has 0 spiro atoms. The molecular formula is C9H13NS2. The molecule has 0 radical (unpaired) electrons. The topological polar surface area (TPSA) is 26.0 Å². The monoisotopic (exact) mass is 199 g/mol. The van der Waals surface area contributed by atoms with Crippen LogP contribution in [0.4, 0.5) is 0 Å². The van der Waals surface area contributed by atoms with Crippen molar-refractivity contribution in [2.45, 2.75) is 10.9 Å². The molecule has 0 heterocycles. The van der Waals surface area contributed by atoms with E-state index in [9.17, 15) is 0 Å². The van der Waals surface area contributed by atoms with Crippen LogP contribution in [0.5, 0.6) is 0 Å². The first-order chi connectivity index (χ1) is 5.77. The van der Waals surface area contributed by atoms with Gasteiger partial charge in [-0.25, -0.2) is 0 Å². The van der Waals surface area contributed by atoms with Crippen molar-refractivity contribution in [1.82, 2.24) is 0 Å². The molecule has 1 aromatic rings. The highest BCUT2D eigenvalue weighted by molar-refractivity contribution is 7.98. The van der Waals surface area contributed by atoms with Gasteiger partial charge in [0.15, 0.2) is 0 Å². The number of benzene rings is 1. The molecule has 66 valence electrons. The van der Waals surface area contributed by atoms with Gasteiger partial charge in [0.25, 0.3) is 0 Å². The van der Waals surface area contributed by atoms with Gasteiger partial charge in [0.05, 0.1) is 0 Å². The number of nitrogens with two attached hydrogens (primary N) is 1. The van der Waals surface area contributed by atoms with Crippen LogP contribution in [-0.4, -0.2) is 12.0 Å². The number of thiol groups is 1. The zero-order valence-electron chi connectivity index (χ0n) is 7.03. The minimum Gasteiger partial charge on any atom is -0.323 e. The Balaban J connectivity index is 2.77. The summed E-state index contributed by atoms with van der Waals surface area (Å²) in [5.74, 6) is 0.693. The van der Waals surface area contributed by atoms with E-state index in [1.807, 2.05) is 0 Å². The first-order valence-electron chi connectivity index (χ1n) is 3.78. The van der Waals surface area contributed by atoms with Crippen molar-refractivity contribution in [3.8, 4) is 0 Å². The fraction of sp³-hybridized carbons (Fsp3) is 0.333. The lowest BCUT2D eigenvalue weighted by atomic mass is 10.1. The van der Waals surface area contributed by atoms with Crippen LogP contribution in [-0.2, 0) is 0 Å². The molecule has 0 saturated heterocycles. The fourth-order valence-electron chi connectivity index (χ4n) is 0.957. The largest absolute Gasteiger partial charge is 0.323 e. The van der Waals surface area contributed by atoms with Gasteiger partial charge in [0.1, 0.15) is 0 Å². The second kappa shape index (κ2) is 4.80. The van der Waals surface area contributed by atoms with Gasteiger partial charge in [-0.15, -0.1) is 11.8 Å². The van der Waals surface area contributed by atoms with Gasteiger partial charge in [-0.3, -0.25) is 0 Å². The van der Waals surface area contributed by atoms with Crippen LogP contribution in [0.3, 0.4) is 0 Å². The van der Waals surface area contributed by atoms with Gasteiger partial charge in [-0.05, 0) is 24.0 Å². The predicted octanol–water partition coefficient (Wildman–Crippen LogP) is 2.34. The van der Waals surface area contributed by atoms with Crippen LogP contribution < -0.4 is 5.73 Å². The third-order valence-electron chi connectivity index (χ3n) is 1.74. The second-order valence-corrected chi connectivity index (χ2v) is 3.81. The predicted molar refractivity (Wildman–Crippen MR) is 59.0 cm³/mol. The molecule has 1 nitrogen and oxygen atoms in total. The van der Waals surface area contributed by atoms with Crippen LogP contribution in [0.2, 0.25) is 0 Å². The maximum atomic E-state index is 5.80. The zero-order valence-corrected chi connectivity index (χ0v) is 8.74. The standard InChI is InChI=1S/C9H13NS2/c1-12-8-4-2-7(3-5-8)9(10)6-11/h2-5,9,11H,6,10H2,1H3. The van der Waals surface area contributed by atoms with E-state index < -0.39 is 0 Å². The molecule has 1 atom stereocenters. The number of rotatable bonds is 3. The Morgan fingerprint density at radius 3 is 2.42 bits per heavy atom. The molecule has 0 aliphatic rings. The number of hydrogen-bond acceptors (Lipinski definition) is 3. The van der Waals surface area contributed by atoms with Crippen LogP contribution in [0.25, 0.3) is 0 Å². The Bertz CT molecular complexity index is 233. The molecule has 0 fully saturated rings. The maximum Gasteiger partial charge on any atom is 0.0384 e. The van der Waals surface area contributed by atoms with E-state index in [-0.39, 0.29) is 6.04 Å². The molecule has 12 heavy (non-hydrogen) atoms. The van der Waals surface area contributed by atoms with Gasteiger partial charge >= 0.3 is 0 Å². The lowest BCUT2D eigenvalue weighted by Gasteiger charge is -2.08. The Hall–Kier alpha value is -0.120. The minimum atomic E-state index is 0.0595. The van der Waals surface area contributed by atoms with Crippen molar-refractivity contribution in [3.05, 3.63) is 29.8 Å². The van der Waals surface area contributed by atoms with Crippen LogP contribution >= 0.6 is 24.4 Å². The van der Waals surface area contributed by atoms with Gasteiger partial charge in [0.2, 0.25) is 0 Å². The van der Waals surface area contributed by atoms with Crippen LogP contribution in [0.1, 0.15) is 11.6 Å². The molecule has 1 unspecified atom stereocenters. The molecule has 3 heteroatoms. The van der Waals surface area contributed by atoms with Gasteiger partial charge in [-0.2, -0.15) is 12.6 Å². The van der Waals surface area contributed by atoms with Crippen molar-refractivity contribution in [2.24, 2.45) is 5.73 Å². The van der Waals surface area contributed by atoms with Crippen molar-refractivity contribution < 1.29 is 0 Å². The number of thioether (sulfide) groups is 1. The summed E-state index contributed by atoms with van der Waals surface area (Å²) in [5, 5.41) is 0. The highest BCUT2D eigenvalue weighted by atomic mass is 32.2. The average Bonchev–Trinajstić information content (AvgIpc) is 2.17. The maximum absolute atomic E-state index is 5.80. The third kappa shape index (κ3) is 2.44. The van der Waals surface area contributed by atoms with E-state index in [0.29, 0.717) is 5.75 Å². The van der Waals surface area contributed by atoms with Gasteiger partial charge < -0.3 is 5.73 Å². The van der Waals surface area contributed by atoms with Crippen LogP contribution in [0, 0.1) is 0 Å². The average molecular weight is 199 g/mol. The summed E-state index contributed by atoms with van der Waals surface area (Å²) in [7, 11) is 0. The highest BCUT2D eigenvalue weighted by Crippen LogP contribution is 2.18. The van der Waals surface area contributed by atoms with Crippen molar-refractivity contribution in [3.63, 3.8) is 0 Å². The molecule has 1 rings (SSSR count). The normalized spacial score (nSPS) is 12.9. The third-order valence-corrected chi connectivity index (χ3v) is 2.88. The fourth-order valence-corrected chi connectivity index (χ4v) is 1.58. The molecule has 2 N–H and O–H groups in total. The molecule has 0 bridgehead atoms. The lowest BCUT2D eigenvalue weighted by Crippen LogP contribution is -2.11. The second-order valence-electron chi connectivity index (χ2n) is 2.56. The van der Waals surface area contributed by atoms with E-state index >= 15 is 0 Å². The van der Waals surface area contributed by atoms with Crippen LogP contribution in [0.15, 0.2) is 29.2 Å². The quantitative estimate of drug-likeness (QED) is 0.577. The molecule has 0 aliphatic carbocycles. The molecule has 0 amide bonds. The van der Waals surface area contributed by atoms with E-state index in [4.69, 9.17) is 5.73 Å². The van der Waals surface area contributed by atoms with E-state index in [2.05, 4.69) is 43.2 Å². The Labute approximate surface area is 83.1 Å². The molecule has 0 aliphatic heterocycles. The summed E-state index contributed by atoms with van der Waals surface area (Å²) in [6.07, 6.45) is 2.06. The van der Waals surface area contributed by atoms with Crippen molar-refractivity contribution in [1.29, 1.82) is 0 Å². The Morgan fingerprint density at radius 2 is 2.00 bits per heavy atom. The summed E-state index contributed by atoms with van der Waals surface area (Å²) >= 11 is 5.88. The lowest BCUT2D eigenvalue weighted by molar-refractivity contribution is 0.833. The summed E-state index contributed by atoms with van der Waals surface area (Å²) in [4.78, 5) is 1.27. The molecule has 1 aromatic carbocycles. The summed E-state index contributed by atoms with van der Waals surface area (Å²) in [5.41, 5.74) is 6.96. The van der Waals surface area contributed by atoms with Gasteiger partial charge in [0, 0.05) is 16.7 Å². The number of hydrogen-bond donors (Lipinski definition) is 2. The molecular weight excluding hydrogens is 186 g/mol. The Kier molecular flexibility index (Phi) is 3.98. The Morgan fingerprint density at radius 1 is 1.42 bits per heavy atom. The molecule has 0 aromatic heterocycles. The first-order valence-corrected chi connectivity index (χ1v) is 5.64. The SMILES string of the molecule is CSc1ccc(C(N)CS)cc1. The minimum absolute atomic E-state index is 0.0595. The molecule has 0 saturated carbocycles. The van der Waals surface area contributed by atoms with Crippen molar-refractivity contribution >= 4 is 24.4 Å². The van der Waals surface area contributed by atoms with E-state index in [1.165, 1.54) is 4.90 Å². The van der Waals surface area contributed by atoms with E-state index in [1.54, 1.807) is 11.8 Å². The highest BCUT2D eigenvalue weighted by Gasteiger charge is 2.01. The summed E-state index contributed by atoms with van der Waals surface area (Å²) < 4.78 is 0.